The second-order valence-electron chi connectivity index (χ2n) is 9.37. The van der Waals surface area contributed by atoms with Crippen LogP contribution in [0, 0.1) is 0 Å². The summed E-state index contributed by atoms with van der Waals surface area (Å²) in [6.45, 7) is 11.7. The Morgan fingerprint density at radius 1 is 1.09 bits per heavy atom. The van der Waals surface area contributed by atoms with Gasteiger partial charge in [-0.1, -0.05) is 38.1 Å². The number of hydrogen-bond donors (Lipinski definition) is 1. The molecule has 1 aromatic carbocycles. The lowest BCUT2D eigenvalue weighted by Crippen LogP contribution is -2.38. The molecule has 0 spiro atoms. The van der Waals surface area contributed by atoms with Crippen molar-refractivity contribution in [3.05, 3.63) is 52.8 Å². The summed E-state index contributed by atoms with van der Waals surface area (Å²) in [5.74, 6) is 1.30. The van der Waals surface area contributed by atoms with Gasteiger partial charge in [-0.3, -0.25) is 14.6 Å². The average molecular weight is 568 g/mol. The van der Waals surface area contributed by atoms with Crippen molar-refractivity contribution in [2.75, 3.05) is 47.3 Å². The molecule has 0 bridgehead atoms. The van der Waals surface area contributed by atoms with Gasteiger partial charge in [0.15, 0.2) is 5.96 Å². The third-order valence-electron chi connectivity index (χ3n) is 6.16. The highest BCUT2D eigenvalue weighted by atomic mass is 127. The Kier molecular flexibility index (Phi) is 11.1. The number of guanidine groups is 1. The molecule has 1 saturated heterocycles. The number of nitrogens with zero attached hydrogens (tertiary/aromatic N) is 6. The molecular weight excluding hydrogens is 525 g/mol. The molecule has 0 aliphatic carbocycles. The predicted molar refractivity (Wildman–Crippen MR) is 148 cm³/mol. The second-order valence-corrected chi connectivity index (χ2v) is 9.37. The Labute approximate surface area is 217 Å². The third-order valence-corrected chi connectivity index (χ3v) is 6.16. The molecule has 184 valence electrons. The molecule has 1 fully saturated rings. The number of rotatable bonds is 7. The Hall–Kier alpha value is -1.65. The fourth-order valence-corrected chi connectivity index (χ4v) is 4.34. The Balaban J connectivity index is 0.00000385. The Morgan fingerprint density at radius 2 is 1.79 bits per heavy atom. The zero-order chi connectivity index (χ0) is 23.1. The number of aliphatic imine (C=N–C) groups is 1. The summed E-state index contributed by atoms with van der Waals surface area (Å²) in [4.78, 5) is 11.6. The highest BCUT2D eigenvalue weighted by Gasteiger charge is 2.15. The number of hydrogen-bond acceptors (Lipinski definition) is 4. The molecule has 0 saturated carbocycles. The van der Waals surface area contributed by atoms with Crippen LogP contribution in [0.4, 0.5) is 0 Å². The van der Waals surface area contributed by atoms with Gasteiger partial charge in [0, 0.05) is 65.6 Å². The number of benzene rings is 1. The van der Waals surface area contributed by atoms with Crippen molar-refractivity contribution in [2.24, 2.45) is 12.0 Å². The van der Waals surface area contributed by atoms with Gasteiger partial charge in [0.2, 0.25) is 0 Å². The fourth-order valence-electron chi connectivity index (χ4n) is 4.34. The van der Waals surface area contributed by atoms with E-state index in [0.29, 0.717) is 5.92 Å². The Bertz CT molecular complexity index is 875. The van der Waals surface area contributed by atoms with Gasteiger partial charge < -0.3 is 15.1 Å². The maximum Gasteiger partial charge on any atom is 0.193 e. The zero-order valence-electron chi connectivity index (χ0n) is 21.2. The molecule has 0 unspecified atom stereocenters. The van der Waals surface area contributed by atoms with Gasteiger partial charge in [-0.15, -0.1) is 24.0 Å². The van der Waals surface area contributed by atoms with Crippen molar-refractivity contribution < 1.29 is 0 Å². The number of nitrogens with one attached hydrogen (secondary N) is 1. The van der Waals surface area contributed by atoms with Crippen LogP contribution in [-0.2, 0) is 26.7 Å². The van der Waals surface area contributed by atoms with Crippen LogP contribution < -0.4 is 5.32 Å². The van der Waals surface area contributed by atoms with Gasteiger partial charge in [0.1, 0.15) is 0 Å². The lowest BCUT2D eigenvalue weighted by Gasteiger charge is -2.23. The average Bonchev–Trinajstić information content (AvgIpc) is 3.01. The van der Waals surface area contributed by atoms with Crippen molar-refractivity contribution in [3.8, 4) is 0 Å². The summed E-state index contributed by atoms with van der Waals surface area (Å²) < 4.78 is 1.90. The van der Waals surface area contributed by atoms with Gasteiger partial charge >= 0.3 is 0 Å². The Morgan fingerprint density at radius 3 is 2.45 bits per heavy atom. The van der Waals surface area contributed by atoms with Crippen LogP contribution in [0.5, 0.6) is 0 Å². The maximum absolute atomic E-state index is 4.62. The topological polar surface area (TPSA) is 51.9 Å². The summed E-state index contributed by atoms with van der Waals surface area (Å²) in [5.41, 5.74) is 5.05. The van der Waals surface area contributed by atoms with E-state index in [4.69, 9.17) is 0 Å². The van der Waals surface area contributed by atoms with E-state index in [-0.39, 0.29) is 24.0 Å². The van der Waals surface area contributed by atoms with E-state index in [0.717, 1.165) is 44.4 Å². The fraction of sp³-hybridized carbons (Fsp3) is 0.600. The maximum atomic E-state index is 4.62. The van der Waals surface area contributed by atoms with Crippen LogP contribution in [0.3, 0.4) is 0 Å². The molecule has 8 heteroatoms. The van der Waals surface area contributed by atoms with E-state index in [9.17, 15) is 0 Å². The van der Waals surface area contributed by atoms with E-state index in [1.165, 1.54) is 36.2 Å². The molecular formula is C25H42IN7. The number of halogens is 1. The minimum Gasteiger partial charge on any atom is -0.352 e. The van der Waals surface area contributed by atoms with Gasteiger partial charge in [0.05, 0.1) is 5.69 Å². The molecule has 7 nitrogen and oxygen atoms in total. The van der Waals surface area contributed by atoms with E-state index in [1.54, 1.807) is 0 Å². The van der Waals surface area contributed by atoms with Crippen LogP contribution in [0.2, 0.25) is 0 Å². The van der Waals surface area contributed by atoms with E-state index >= 15 is 0 Å². The summed E-state index contributed by atoms with van der Waals surface area (Å²) in [6, 6.07) is 9.00. The molecule has 1 aromatic heterocycles. The monoisotopic (exact) mass is 567 g/mol. The largest absolute Gasteiger partial charge is 0.352 e. The lowest BCUT2D eigenvalue weighted by molar-refractivity contribution is 0.269. The molecule has 1 aliphatic rings. The first-order valence-corrected chi connectivity index (χ1v) is 11.8. The van der Waals surface area contributed by atoms with Crippen molar-refractivity contribution in [1.29, 1.82) is 0 Å². The first kappa shape index (κ1) is 27.6. The van der Waals surface area contributed by atoms with Crippen molar-refractivity contribution >= 4 is 29.9 Å². The zero-order valence-corrected chi connectivity index (χ0v) is 23.5. The summed E-state index contributed by atoms with van der Waals surface area (Å²) in [5, 5.41) is 8.13. The minimum atomic E-state index is 0. The molecule has 2 heterocycles. The van der Waals surface area contributed by atoms with Gasteiger partial charge in [0.25, 0.3) is 0 Å². The van der Waals surface area contributed by atoms with Crippen LogP contribution in [0.15, 0.2) is 35.5 Å². The normalized spacial score (nSPS) is 15.9. The molecule has 0 amide bonds. The van der Waals surface area contributed by atoms with Gasteiger partial charge in [-0.2, -0.15) is 5.10 Å². The number of likely N-dealkylation sites (N-methyl/N-ethyl adjacent to an activating group) is 1. The predicted octanol–water partition coefficient (Wildman–Crippen LogP) is 3.51. The van der Waals surface area contributed by atoms with Crippen molar-refractivity contribution in [3.63, 3.8) is 0 Å². The molecule has 3 rings (SSSR count). The van der Waals surface area contributed by atoms with Crippen LogP contribution in [-0.4, -0.2) is 77.8 Å². The second kappa shape index (κ2) is 13.3. The molecule has 0 atom stereocenters. The number of aryl methyl sites for hydroxylation is 1. The minimum absolute atomic E-state index is 0. The van der Waals surface area contributed by atoms with Crippen molar-refractivity contribution in [2.45, 2.75) is 45.8 Å². The quantitative estimate of drug-likeness (QED) is 0.316. The number of aromatic nitrogens is 2. The summed E-state index contributed by atoms with van der Waals surface area (Å²) in [6.07, 6.45) is 3.36. The van der Waals surface area contributed by atoms with Gasteiger partial charge in [-0.05, 0) is 43.6 Å². The third kappa shape index (κ3) is 8.26. The standard InChI is InChI=1S/C25H41N7.HI/c1-20(2)24-23(19-31(6)28-24)18-30(5)25(26-3)27-16-21-8-10-22(11-9-21)17-32-13-7-12-29(4)14-15-32;/h8-11,19-20H,7,12-18H2,1-6H3,(H,26,27);1H. The smallest absolute Gasteiger partial charge is 0.193 e. The van der Waals surface area contributed by atoms with E-state index < -0.39 is 0 Å². The molecule has 0 radical (unpaired) electrons. The van der Waals surface area contributed by atoms with E-state index in [1.807, 2.05) is 18.8 Å². The highest BCUT2D eigenvalue weighted by Crippen LogP contribution is 2.18. The SMILES string of the molecule is CN=C(NCc1ccc(CN2CCCN(C)CC2)cc1)N(C)Cc1cn(C)nc1C(C)C.I. The van der Waals surface area contributed by atoms with Crippen molar-refractivity contribution in [1.82, 2.24) is 29.8 Å². The molecule has 2 aromatic rings. The van der Waals surface area contributed by atoms with Crippen LogP contribution in [0.1, 0.15) is 48.6 Å². The van der Waals surface area contributed by atoms with Crippen LogP contribution >= 0.6 is 24.0 Å². The summed E-state index contributed by atoms with van der Waals surface area (Å²) in [7, 11) is 8.12. The first-order chi connectivity index (χ1) is 15.4. The summed E-state index contributed by atoms with van der Waals surface area (Å²) >= 11 is 0. The molecule has 33 heavy (non-hydrogen) atoms. The van der Waals surface area contributed by atoms with Gasteiger partial charge in [-0.25, -0.2) is 0 Å². The molecule has 1 aliphatic heterocycles. The lowest BCUT2D eigenvalue weighted by atomic mass is 10.1. The van der Waals surface area contributed by atoms with E-state index in [2.05, 4.69) is 88.5 Å². The van der Waals surface area contributed by atoms with Crippen LogP contribution in [0.25, 0.3) is 0 Å². The molecule has 1 N–H and O–H groups in total. The first-order valence-electron chi connectivity index (χ1n) is 11.8. The highest BCUT2D eigenvalue weighted by molar-refractivity contribution is 14.0.